The monoisotopic (exact) mass is 245 g/mol. The highest BCUT2D eigenvalue weighted by Gasteiger charge is 2.13. The molecule has 0 spiro atoms. The van der Waals surface area contributed by atoms with Crippen LogP contribution in [0.2, 0.25) is 5.02 Å². The van der Waals surface area contributed by atoms with E-state index in [-0.39, 0.29) is 17.1 Å². The Bertz CT molecular complexity index is 392. The molecule has 0 aliphatic rings. The molecule has 1 aromatic rings. The third-order valence-corrected chi connectivity index (χ3v) is 1.88. The van der Waals surface area contributed by atoms with Crippen molar-refractivity contribution in [3.63, 3.8) is 0 Å². The Kier molecular flexibility index (Phi) is 6.10. The van der Waals surface area contributed by atoms with E-state index in [2.05, 4.69) is 0 Å². The molecular formula is C10H12ClNO4. The molecule has 0 saturated carbocycles. The molecule has 0 atom stereocenters. The smallest absolute Gasteiger partial charge is 0.307 e. The van der Waals surface area contributed by atoms with Gasteiger partial charge in [0.2, 0.25) is 0 Å². The maximum Gasteiger partial charge on any atom is 0.307 e. The van der Waals surface area contributed by atoms with Gasteiger partial charge in [0.15, 0.2) is 0 Å². The van der Waals surface area contributed by atoms with Gasteiger partial charge in [-0.3, -0.25) is 14.9 Å². The highest BCUT2D eigenvalue weighted by molar-refractivity contribution is 6.32. The number of aliphatic carboxylic acids is 1. The van der Waals surface area contributed by atoms with Gasteiger partial charge in [0.1, 0.15) is 5.02 Å². The van der Waals surface area contributed by atoms with Crippen LogP contribution in [0, 0.1) is 10.1 Å². The van der Waals surface area contributed by atoms with Crippen LogP contribution < -0.4 is 0 Å². The molecule has 0 aliphatic carbocycles. The van der Waals surface area contributed by atoms with Gasteiger partial charge in [0.05, 0.1) is 11.3 Å². The van der Waals surface area contributed by atoms with Crippen molar-refractivity contribution in [2.75, 3.05) is 0 Å². The van der Waals surface area contributed by atoms with Gasteiger partial charge in [-0.15, -0.1) is 0 Å². The number of nitrogens with zero attached hydrogens (tertiary/aromatic N) is 1. The van der Waals surface area contributed by atoms with Gasteiger partial charge < -0.3 is 5.11 Å². The van der Waals surface area contributed by atoms with Crippen LogP contribution in [-0.2, 0) is 11.2 Å². The van der Waals surface area contributed by atoms with E-state index in [1.54, 1.807) is 0 Å². The Morgan fingerprint density at radius 3 is 2.50 bits per heavy atom. The van der Waals surface area contributed by atoms with E-state index in [1.165, 1.54) is 12.1 Å². The van der Waals surface area contributed by atoms with Crippen molar-refractivity contribution in [1.82, 2.24) is 0 Å². The first-order valence-electron chi connectivity index (χ1n) is 4.65. The minimum Gasteiger partial charge on any atom is -0.481 e. The van der Waals surface area contributed by atoms with Crippen molar-refractivity contribution in [3.05, 3.63) is 38.9 Å². The number of hydrogen-bond acceptors (Lipinski definition) is 3. The lowest BCUT2D eigenvalue weighted by molar-refractivity contribution is -0.384. The highest BCUT2D eigenvalue weighted by Crippen LogP contribution is 2.25. The number of hydrogen-bond donors (Lipinski definition) is 1. The zero-order valence-electron chi connectivity index (χ0n) is 8.94. The van der Waals surface area contributed by atoms with Crippen molar-refractivity contribution >= 4 is 23.3 Å². The molecule has 1 aromatic carbocycles. The number of carbonyl (C=O) groups is 1. The van der Waals surface area contributed by atoms with Crippen molar-refractivity contribution in [2.45, 2.75) is 20.3 Å². The first-order chi connectivity index (χ1) is 7.50. The van der Waals surface area contributed by atoms with E-state index >= 15 is 0 Å². The Balaban J connectivity index is 0.00000106. The maximum absolute atomic E-state index is 10.4. The summed E-state index contributed by atoms with van der Waals surface area (Å²) in [4.78, 5) is 20.1. The number of benzene rings is 1. The average molecular weight is 246 g/mol. The molecule has 0 fully saturated rings. The van der Waals surface area contributed by atoms with Crippen LogP contribution in [0.3, 0.4) is 0 Å². The lowest BCUT2D eigenvalue weighted by Gasteiger charge is -1.98. The molecule has 1 rings (SSSR count). The van der Waals surface area contributed by atoms with Crippen LogP contribution in [0.5, 0.6) is 0 Å². The quantitative estimate of drug-likeness (QED) is 0.656. The van der Waals surface area contributed by atoms with Crippen LogP contribution >= 0.6 is 11.6 Å². The Labute approximate surface area is 97.8 Å². The minimum atomic E-state index is -1.04. The topological polar surface area (TPSA) is 80.4 Å². The summed E-state index contributed by atoms with van der Waals surface area (Å²) in [5.74, 6) is -1.04. The molecule has 6 heteroatoms. The van der Waals surface area contributed by atoms with Crippen molar-refractivity contribution < 1.29 is 14.8 Å². The zero-order valence-corrected chi connectivity index (χ0v) is 9.69. The van der Waals surface area contributed by atoms with E-state index in [4.69, 9.17) is 16.7 Å². The molecule has 0 heterocycles. The molecule has 0 aliphatic heterocycles. The molecular weight excluding hydrogens is 234 g/mol. The first-order valence-corrected chi connectivity index (χ1v) is 5.03. The predicted octanol–water partition coefficient (Wildman–Crippen LogP) is 2.90. The number of halogens is 1. The van der Waals surface area contributed by atoms with Gasteiger partial charge in [-0.25, -0.2) is 0 Å². The summed E-state index contributed by atoms with van der Waals surface area (Å²) in [5, 5.41) is 18.9. The van der Waals surface area contributed by atoms with Gasteiger partial charge in [0, 0.05) is 6.07 Å². The Morgan fingerprint density at radius 2 is 2.06 bits per heavy atom. The lowest BCUT2D eigenvalue weighted by atomic mass is 10.1. The van der Waals surface area contributed by atoms with Crippen LogP contribution in [-0.4, -0.2) is 16.0 Å². The summed E-state index contributed by atoms with van der Waals surface area (Å²) < 4.78 is 0. The minimum absolute atomic E-state index is 0.00383. The Morgan fingerprint density at radius 1 is 1.50 bits per heavy atom. The van der Waals surface area contributed by atoms with E-state index < -0.39 is 10.9 Å². The zero-order chi connectivity index (χ0) is 12.7. The fourth-order valence-electron chi connectivity index (χ4n) is 0.983. The second-order valence-electron chi connectivity index (χ2n) is 2.61. The van der Waals surface area contributed by atoms with Gasteiger partial charge >= 0.3 is 5.97 Å². The molecule has 0 amide bonds. The number of nitro benzene ring substituents is 1. The van der Waals surface area contributed by atoms with Gasteiger partial charge in [-0.1, -0.05) is 31.5 Å². The molecule has 16 heavy (non-hydrogen) atoms. The van der Waals surface area contributed by atoms with E-state index in [0.29, 0.717) is 5.56 Å². The van der Waals surface area contributed by atoms with E-state index in [0.717, 1.165) is 6.07 Å². The maximum atomic E-state index is 10.4. The summed E-state index contributed by atoms with van der Waals surface area (Å²) in [6.07, 6.45) is -0.252. The molecule has 5 nitrogen and oxygen atoms in total. The molecule has 0 radical (unpaired) electrons. The molecule has 0 saturated heterocycles. The summed E-state index contributed by atoms with van der Waals surface area (Å²) >= 11 is 5.54. The van der Waals surface area contributed by atoms with Crippen molar-refractivity contribution in [1.29, 1.82) is 0 Å². The third kappa shape index (κ3) is 4.27. The molecule has 0 bridgehead atoms. The van der Waals surface area contributed by atoms with Gasteiger partial charge in [-0.05, 0) is 11.6 Å². The van der Waals surface area contributed by atoms with Crippen LogP contribution in [0.1, 0.15) is 19.4 Å². The molecule has 0 unspecified atom stereocenters. The SMILES string of the molecule is CC.O=C(O)Cc1ccc(Cl)c([N+](=O)[O-])c1. The summed E-state index contributed by atoms with van der Waals surface area (Å²) in [5.41, 5.74) is 0.0824. The first kappa shape index (κ1) is 14.4. The second kappa shape index (κ2) is 6.79. The fraction of sp³-hybridized carbons (Fsp3) is 0.300. The molecule has 1 N–H and O–H groups in total. The number of carboxylic acids is 1. The number of rotatable bonds is 3. The lowest BCUT2D eigenvalue weighted by Crippen LogP contribution is -2.00. The standard InChI is InChI=1S/C8H6ClNO4.C2H6/c9-6-2-1-5(4-8(11)12)3-7(6)10(13)14;1-2/h1-3H,4H2,(H,11,12);1-2H3. The van der Waals surface area contributed by atoms with Crippen molar-refractivity contribution in [2.24, 2.45) is 0 Å². The van der Waals surface area contributed by atoms with Crippen LogP contribution in [0.25, 0.3) is 0 Å². The second-order valence-corrected chi connectivity index (χ2v) is 3.02. The Hall–Kier alpha value is -1.62. The molecule has 88 valence electrons. The number of carboxylic acid groups (broad SMARTS) is 1. The van der Waals surface area contributed by atoms with Crippen molar-refractivity contribution in [3.8, 4) is 0 Å². The average Bonchev–Trinajstić information content (AvgIpc) is 2.23. The third-order valence-electron chi connectivity index (χ3n) is 1.56. The normalized spacial score (nSPS) is 8.94. The van der Waals surface area contributed by atoms with E-state index in [1.807, 2.05) is 13.8 Å². The summed E-state index contributed by atoms with van der Waals surface area (Å²) in [6, 6.07) is 3.93. The van der Waals surface area contributed by atoms with Crippen LogP contribution in [0.4, 0.5) is 5.69 Å². The summed E-state index contributed by atoms with van der Waals surface area (Å²) in [6.45, 7) is 4.00. The fourth-order valence-corrected chi connectivity index (χ4v) is 1.17. The summed E-state index contributed by atoms with van der Waals surface area (Å²) in [7, 11) is 0. The van der Waals surface area contributed by atoms with Crippen LogP contribution in [0.15, 0.2) is 18.2 Å². The van der Waals surface area contributed by atoms with E-state index in [9.17, 15) is 14.9 Å². The number of nitro groups is 1. The largest absolute Gasteiger partial charge is 0.481 e. The van der Waals surface area contributed by atoms with Gasteiger partial charge in [-0.2, -0.15) is 0 Å². The highest BCUT2D eigenvalue weighted by atomic mass is 35.5. The molecule has 0 aromatic heterocycles. The van der Waals surface area contributed by atoms with Gasteiger partial charge in [0.25, 0.3) is 5.69 Å². The predicted molar refractivity (Wildman–Crippen MR) is 60.8 cm³/mol.